The lowest BCUT2D eigenvalue weighted by molar-refractivity contribution is -0.142. The summed E-state index contributed by atoms with van der Waals surface area (Å²) in [7, 11) is 1.65. The van der Waals surface area contributed by atoms with Crippen molar-refractivity contribution in [2.45, 2.75) is 51.7 Å². The van der Waals surface area contributed by atoms with Crippen molar-refractivity contribution < 1.29 is 19.5 Å². The Bertz CT molecular complexity index is 604. The molecule has 1 aromatic carbocycles. The van der Waals surface area contributed by atoms with Crippen molar-refractivity contribution in [1.82, 2.24) is 16.0 Å². The van der Waals surface area contributed by atoms with Gasteiger partial charge in [-0.15, -0.1) is 0 Å². The number of amides is 2. The van der Waals surface area contributed by atoms with Crippen LogP contribution in [0.2, 0.25) is 0 Å². The molecule has 0 fully saturated rings. The fraction of sp³-hybridized carbons (Fsp3) is 0.526. The second-order valence-electron chi connectivity index (χ2n) is 6.79. The van der Waals surface area contributed by atoms with Crippen molar-refractivity contribution in [2.75, 3.05) is 7.05 Å². The van der Waals surface area contributed by atoms with Crippen LogP contribution in [-0.4, -0.2) is 48.1 Å². The van der Waals surface area contributed by atoms with Crippen LogP contribution < -0.4 is 16.0 Å². The molecule has 1 rings (SSSR count). The topological polar surface area (TPSA) is 108 Å². The van der Waals surface area contributed by atoms with Gasteiger partial charge >= 0.3 is 5.97 Å². The molecule has 0 aliphatic carbocycles. The smallest absolute Gasteiger partial charge is 0.326 e. The molecule has 0 spiro atoms. The Hall–Kier alpha value is -2.41. The van der Waals surface area contributed by atoms with E-state index in [2.05, 4.69) is 16.0 Å². The zero-order chi connectivity index (χ0) is 19.7. The van der Waals surface area contributed by atoms with Gasteiger partial charge in [0, 0.05) is 6.42 Å². The zero-order valence-electron chi connectivity index (χ0n) is 15.8. The molecule has 7 nitrogen and oxygen atoms in total. The van der Waals surface area contributed by atoms with E-state index in [1.54, 1.807) is 14.0 Å². The molecule has 1 aromatic rings. The number of hydrogen-bond donors (Lipinski definition) is 4. The lowest BCUT2D eigenvalue weighted by Gasteiger charge is -2.24. The predicted molar refractivity (Wildman–Crippen MR) is 99.6 cm³/mol. The van der Waals surface area contributed by atoms with E-state index in [0.717, 1.165) is 5.56 Å². The summed E-state index contributed by atoms with van der Waals surface area (Å²) in [5, 5.41) is 17.5. The number of carbonyl (C=O) groups is 3. The molecule has 0 bridgehead atoms. The maximum Gasteiger partial charge on any atom is 0.326 e. The molecular weight excluding hydrogens is 334 g/mol. The van der Waals surface area contributed by atoms with E-state index in [4.69, 9.17) is 0 Å². The summed E-state index contributed by atoms with van der Waals surface area (Å²) < 4.78 is 0. The fourth-order valence-corrected chi connectivity index (χ4v) is 2.45. The van der Waals surface area contributed by atoms with Gasteiger partial charge in [-0.1, -0.05) is 44.2 Å². The number of carbonyl (C=O) groups excluding carboxylic acids is 2. The zero-order valence-corrected chi connectivity index (χ0v) is 15.8. The molecular formula is C19H29N3O4. The third-order valence-electron chi connectivity index (χ3n) is 4.06. The van der Waals surface area contributed by atoms with Crippen LogP contribution in [0.1, 0.15) is 32.8 Å². The van der Waals surface area contributed by atoms with Gasteiger partial charge in [0.25, 0.3) is 0 Å². The van der Waals surface area contributed by atoms with E-state index < -0.39 is 30.0 Å². The highest BCUT2D eigenvalue weighted by atomic mass is 16.4. The fourth-order valence-electron chi connectivity index (χ4n) is 2.45. The van der Waals surface area contributed by atoms with Gasteiger partial charge in [-0.25, -0.2) is 4.79 Å². The van der Waals surface area contributed by atoms with Crippen molar-refractivity contribution in [2.24, 2.45) is 5.92 Å². The number of likely N-dealkylation sites (N-methyl/N-ethyl adjacent to an activating group) is 1. The summed E-state index contributed by atoms with van der Waals surface area (Å²) in [5.41, 5.74) is 0.813. The molecule has 0 saturated carbocycles. The van der Waals surface area contributed by atoms with Crippen molar-refractivity contribution in [3.05, 3.63) is 35.9 Å². The molecule has 0 radical (unpaired) electrons. The number of nitrogens with one attached hydrogen (secondary N) is 3. The first-order valence-electron chi connectivity index (χ1n) is 8.79. The van der Waals surface area contributed by atoms with Gasteiger partial charge in [-0.2, -0.15) is 0 Å². The molecule has 3 atom stereocenters. The Labute approximate surface area is 154 Å². The average molecular weight is 363 g/mol. The summed E-state index contributed by atoms with van der Waals surface area (Å²) in [6.45, 7) is 5.56. The number of rotatable bonds is 10. The lowest BCUT2D eigenvalue weighted by Crippen LogP contribution is -2.55. The largest absolute Gasteiger partial charge is 0.480 e. The van der Waals surface area contributed by atoms with Gasteiger partial charge < -0.3 is 21.1 Å². The molecule has 0 unspecified atom stereocenters. The summed E-state index contributed by atoms with van der Waals surface area (Å²) in [4.78, 5) is 36.3. The van der Waals surface area contributed by atoms with E-state index in [-0.39, 0.29) is 18.2 Å². The first-order valence-corrected chi connectivity index (χ1v) is 8.79. The SMILES string of the molecule is CN[C@@H](C)C(=O)N[C@@H](CC(C)C)C(=O)N[C@@H](Cc1ccccc1)C(=O)O. The molecule has 0 saturated heterocycles. The van der Waals surface area contributed by atoms with E-state index in [1.807, 2.05) is 44.2 Å². The molecule has 0 aliphatic heterocycles. The van der Waals surface area contributed by atoms with Gasteiger partial charge in [0.2, 0.25) is 11.8 Å². The minimum Gasteiger partial charge on any atom is -0.480 e. The van der Waals surface area contributed by atoms with E-state index >= 15 is 0 Å². The first kappa shape index (κ1) is 21.6. The number of benzene rings is 1. The summed E-state index contributed by atoms with van der Waals surface area (Å²) >= 11 is 0. The summed E-state index contributed by atoms with van der Waals surface area (Å²) in [5.74, 6) is -1.74. The Morgan fingerprint density at radius 2 is 1.54 bits per heavy atom. The Balaban J connectivity index is 2.83. The molecule has 0 aliphatic rings. The maximum atomic E-state index is 12.6. The second-order valence-corrected chi connectivity index (χ2v) is 6.79. The van der Waals surface area contributed by atoms with Crippen molar-refractivity contribution >= 4 is 17.8 Å². The van der Waals surface area contributed by atoms with Gasteiger partial charge in [0.1, 0.15) is 12.1 Å². The van der Waals surface area contributed by atoms with E-state index in [0.29, 0.717) is 6.42 Å². The predicted octanol–water partition coefficient (Wildman–Crippen LogP) is 0.937. The maximum absolute atomic E-state index is 12.6. The normalized spacial score (nSPS) is 14.3. The molecule has 0 aromatic heterocycles. The second kappa shape index (κ2) is 10.6. The quantitative estimate of drug-likeness (QED) is 0.495. The van der Waals surface area contributed by atoms with E-state index in [1.165, 1.54) is 0 Å². The minimum absolute atomic E-state index is 0.161. The summed E-state index contributed by atoms with van der Waals surface area (Å²) in [6.07, 6.45) is 0.600. The Morgan fingerprint density at radius 1 is 0.962 bits per heavy atom. The molecule has 4 N–H and O–H groups in total. The number of hydrogen-bond acceptors (Lipinski definition) is 4. The molecule has 26 heavy (non-hydrogen) atoms. The Kier molecular flexibility index (Phi) is 8.78. The third-order valence-corrected chi connectivity index (χ3v) is 4.06. The molecule has 144 valence electrons. The monoisotopic (exact) mass is 363 g/mol. The highest BCUT2D eigenvalue weighted by Crippen LogP contribution is 2.08. The Morgan fingerprint density at radius 3 is 2.04 bits per heavy atom. The van der Waals surface area contributed by atoms with Crippen LogP contribution in [0.5, 0.6) is 0 Å². The number of carboxylic acid groups (broad SMARTS) is 1. The van der Waals surface area contributed by atoms with Crippen molar-refractivity contribution in [3.8, 4) is 0 Å². The third kappa shape index (κ3) is 7.23. The standard InChI is InChI=1S/C19H29N3O4/c1-12(2)10-15(21-17(23)13(3)20-4)18(24)22-16(19(25)26)11-14-8-6-5-7-9-14/h5-9,12-13,15-16,20H,10-11H2,1-4H3,(H,21,23)(H,22,24)(H,25,26)/t13-,15-,16-/m0/s1. The van der Waals surface area contributed by atoms with Gasteiger partial charge in [-0.3, -0.25) is 9.59 Å². The minimum atomic E-state index is -1.11. The number of aliphatic carboxylic acids is 1. The van der Waals surface area contributed by atoms with Gasteiger partial charge in [-0.05, 0) is 31.9 Å². The molecule has 7 heteroatoms. The number of carboxylic acids is 1. The van der Waals surface area contributed by atoms with Crippen LogP contribution in [0.3, 0.4) is 0 Å². The first-order chi connectivity index (χ1) is 12.2. The van der Waals surface area contributed by atoms with Crippen molar-refractivity contribution in [1.29, 1.82) is 0 Å². The van der Waals surface area contributed by atoms with Gasteiger partial charge in [0.15, 0.2) is 0 Å². The van der Waals surface area contributed by atoms with Crippen molar-refractivity contribution in [3.63, 3.8) is 0 Å². The summed E-state index contributed by atoms with van der Waals surface area (Å²) in [6, 6.07) is 6.81. The van der Waals surface area contributed by atoms with Crippen LogP contribution in [-0.2, 0) is 20.8 Å². The highest BCUT2D eigenvalue weighted by Gasteiger charge is 2.28. The lowest BCUT2D eigenvalue weighted by atomic mass is 10.0. The molecule has 2 amide bonds. The van der Waals surface area contributed by atoms with Crippen LogP contribution in [0, 0.1) is 5.92 Å². The van der Waals surface area contributed by atoms with Crippen LogP contribution >= 0.6 is 0 Å². The molecule has 0 heterocycles. The van der Waals surface area contributed by atoms with Crippen LogP contribution in [0.15, 0.2) is 30.3 Å². The van der Waals surface area contributed by atoms with Gasteiger partial charge in [0.05, 0.1) is 6.04 Å². The average Bonchev–Trinajstić information content (AvgIpc) is 2.60. The van der Waals surface area contributed by atoms with Crippen LogP contribution in [0.25, 0.3) is 0 Å². The van der Waals surface area contributed by atoms with Crippen LogP contribution in [0.4, 0.5) is 0 Å². The van der Waals surface area contributed by atoms with E-state index in [9.17, 15) is 19.5 Å². The highest BCUT2D eigenvalue weighted by molar-refractivity contribution is 5.91.